The second kappa shape index (κ2) is 19.2. The van der Waals surface area contributed by atoms with Gasteiger partial charge in [-0.05, 0) is 103 Å². The summed E-state index contributed by atoms with van der Waals surface area (Å²) in [6.07, 6.45) is 3.95. The highest BCUT2D eigenvalue weighted by Gasteiger charge is 2.09. The van der Waals surface area contributed by atoms with Gasteiger partial charge in [-0.15, -0.1) is 0 Å². The van der Waals surface area contributed by atoms with Gasteiger partial charge in [0.1, 0.15) is 11.6 Å². The summed E-state index contributed by atoms with van der Waals surface area (Å²) < 4.78 is 35.8. The van der Waals surface area contributed by atoms with Crippen LogP contribution in [0.5, 0.6) is 0 Å². The Morgan fingerprint density at radius 3 is 1.62 bits per heavy atom. The Hall–Kier alpha value is -5.42. The SMILES string of the molecule is C=CC(=O)OC.COC(=O)/C=C/c1cccc(C(=O)Nc2ccc(F)c(C)c2)c1.Cc1cc(NC(=O)c2cccc(Br)c2)ccc1F. The van der Waals surface area contributed by atoms with E-state index in [0.29, 0.717) is 39.2 Å². The van der Waals surface area contributed by atoms with Crippen LogP contribution in [0.2, 0.25) is 0 Å². The fraction of sp³-hybridized carbons (Fsp3) is 0.111. The summed E-state index contributed by atoms with van der Waals surface area (Å²) in [5, 5.41) is 5.44. The minimum absolute atomic E-state index is 0.220. The van der Waals surface area contributed by atoms with E-state index in [-0.39, 0.29) is 23.4 Å². The van der Waals surface area contributed by atoms with Crippen LogP contribution in [0.1, 0.15) is 37.4 Å². The van der Waals surface area contributed by atoms with Gasteiger partial charge in [-0.3, -0.25) is 9.59 Å². The molecular weight excluding hydrogens is 674 g/mol. The summed E-state index contributed by atoms with van der Waals surface area (Å²) in [4.78, 5) is 45.1. The van der Waals surface area contributed by atoms with Gasteiger partial charge in [0, 0.05) is 39.1 Å². The van der Waals surface area contributed by atoms with Gasteiger partial charge in [0.25, 0.3) is 11.8 Å². The van der Waals surface area contributed by atoms with Crippen molar-refractivity contribution >= 4 is 57.1 Å². The average molecular weight is 708 g/mol. The molecule has 11 heteroatoms. The summed E-state index contributed by atoms with van der Waals surface area (Å²) in [6.45, 7) is 6.44. The molecule has 0 aliphatic carbocycles. The summed E-state index contributed by atoms with van der Waals surface area (Å²) in [7, 11) is 2.60. The summed E-state index contributed by atoms with van der Waals surface area (Å²) in [5.74, 6) is -2.00. The van der Waals surface area contributed by atoms with Crippen LogP contribution in [0, 0.1) is 25.5 Å². The number of amides is 2. The lowest BCUT2D eigenvalue weighted by atomic mass is 10.1. The molecule has 244 valence electrons. The van der Waals surface area contributed by atoms with Crippen LogP contribution in [-0.4, -0.2) is 38.0 Å². The monoisotopic (exact) mass is 706 g/mol. The highest BCUT2D eigenvalue weighted by molar-refractivity contribution is 9.10. The number of carbonyl (C=O) groups is 4. The Kier molecular flexibility index (Phi) is 15.4. The molecule has 8 nitrogen and oxygen atoms in total. The van der Waals surface area contributed by atoms with E-state index < -0.39 is 11.9 Å². The third-order valence-corrected chi connectivity index (χ3v) is 6.54. The van der Waals surface area contributed by atoms with E-state index in [1.807, 2.05) is 6.07 Å². The number of hydrogen-bond donors (Lipinski definition) is 2. The number of anilines is 2. The van der Waals surface area contributed by atoms with Gasteiger partial charge in [-0.2, -0.15) is 0 Å². The molecule has 2 amide bonds. The number of hydrogen-bond acceptors (Lipinski definition) is 6. The van der Waals surface area contributed by atoms with Crippen molar-refractivity contribution in [2.45, 2.75) is 13.8 Å². The Morgan fingerprint density at radius 2 is 1.19 bits per heavy atom. The molecule has 0 atom stereocenters. The van der Waals surface area contributed by atoms with Crippen LogP contribution in [-0.2, 0) is 19.1 Å². The first-order chi connectivity index (χ1) is 22.4. The Labute approximate surface area is 280 Å². The van der Waals surface area contributed by atoms with E-state index in [4.69, 9.17) is 0 Å². The Morgan fingerprint density at radius 1 is 0.702 bits per heavy atom. The minimum atomic E-state index is -0.471. The second-order valence-corrected chi connectivity index (χ2v) is 10.5. The van der Waals surface area contributed by atoms with E-state index >= 15 is 0 Å². The van der Waals surface area contributed by atoms with Crippen LogP contribution in [0.4, 0.5) is 20.2 Å². The van der Waals surface area contributed by atoms with Crippen molar-refractivity contribution in [2.24, 2.45) is 0 Å². The van der Waals surface area contributed by atoms with Crippen molar-refractivity contribution in [1.82, 2.24) is 0 Å². The number of aryl methyl sites for hydroxylation is 2. The molecule has 4 rings (SSSR count). The number of carbonyl (C=O) groups excluding carboxylic acids is 4. The van der Waals surface area contributed by atoms with Crippen LogP contribution >= 0.6 is 15.9 Å². The first-order valence-corrected chi connectivity index (χ1v) is 14.6. The molecule has 0 spiro atoms. The number of halogens is 3. The summed E-state index contributed by atoms with van der Waals surface area (Å²) in [6, 6.07) is 22.7. The van der Waals surface area contributed by atoms with Crippen molar-refractivity contribution in [3.8, 4) is 0 Å². The zero-order chi connectivity index (χ0) is 34.9. The number of rotatable bonds is 7. The number of nitrogens with one attached hydrogen (secondary N) is 2. The van der Waals surface area contributed by atoms with Gasteiger partial charge in [-0.25, -0.2) is 18.4 Å². The summed E-state index contributed by atoms with van der Waals surface area (Å²) >= 11 is 3.31. The van der Waals surface area contributed by atoms with E-state index in [1.54, 1.807) is 74.5 Å². The molecule has 0 aromatic heterocycles. The zero-order valence-electron chi connectivity index (χ0n) is 26.1. The van der Waals surface area contributed by atoms with Crippen LogP contribution in [0.3, 0.4) is 0 Å². The lowest BCUT2D eigenvalue weighted by Crippen LogP contribution is -2.12. The predicted octanol–water partition coefficient (Wildman–Crippen LogP) is 8.07. The molecule has 4 aromatic carbocycles. The van der Waals surface area contributed by atoms with Crippen LogP contribution < -0.4 is 10.6 Å². The normalized spacial score (nSPS) is 9.94. The number of benzene rings is 4. The van der Waals surface area contributed by atoms with E-state index in [2.05, 4.69) is 42.6 Å². The van der Waals surface area contributed by atoms with Crippen LogP contribution in [0.15, 0.2) is 108 Å². The molecule has 0 unspecified atom stereocenters. The first kappa shape index (κ1) is 37.8. The van der Waals surface area contributed by atoms with Crippen molar-refractivity contribution in [1.29, 1.82) is 0 Å². The topological polar surface area (TPSA) is 111 Å². The maximum atomic E-state index is 13.2. The first-order valence-electron chi connectivity index (χ1n) is 13.8. The fourth-order valence-electron chi connectivity index (χ4n) is 3.58. The standard InChI is InChI=1S/C18H16FNO3.C14H11BrFNO.C4H6O2/c1-12-10-15(7-8-16(12)19)20-18(22)14-5-3-4-13(11-14)6-9-17(21)23-2;1-9-7-12(5-6-13(9)16)17-14(18)10-3-2-4-11(15)8-10;1-3-4(5)6-2/h3-11H,1-2H3,(H,20,22);2-8H,1H3,(H,17,18);3H,1H2,2H3/b9-6+;;. The quantitative estimate of drug-likeness (QED) is 0.149. The maximum absolute atomic E-state index is 13.2. The van der Waals surface area contributed by atoms with E-state index in [0.717, 1.165) is 10.5 Å². The number of ether oxygens (including phenoxy) is 2. The molecule has 0 bridgehead atoms. The molecular formula is C36H33BrF2N2O6. The molecule has 0 aliphatic rings. The molecule has 4 aromatic rings. The molecule has 0 radical (unpaired) electrons. The molecule has 47 heavy (non-hydrogen) atoms. The van der Waals surface area contributed by atoms with E-state index in [1.165, 1.54) is 44.6 Å². The van der Waals surface area contributed by atoms with Gasteiger partial charge in [-0.1, -0.05) is 40.7 Å². The number of esters is 2. The third kappa shape index (κ3) is 13.2. The molecule has 0 aliphatic heterocycles. The van der Waals surface area contributed by atoms with Crippen molar-refractivity contribution in [2.75, 3.05) is 24.9 Å². The molecule has 2 N–H and O–H groups in total. The zero-order valence-corrected chi connectivity index (χ0v) is 27.7. The average Bonchev–Trinajstić information content (AvgIpc) is 3.07. The molecule has 0 saturated heterocycles. The van der Waals surface area contributed by atoms with E-state index in [9.17, 15) is 28.0 Å². The molecule has 0 fully saturated rings. The molecule has 0 saturated carbocycles. The fourth-order valence-corrected chi connectivity index (χ4v) is 3.98. The van der Waals surface area contributed by atoms with Crippen molar-refractivity contribution in [3.05, 3.63) is 148 Å². The maximum Gasteiger partial charge on any atom is 0.330 e. The van der Waals surface area contributed by atoms with Gasteiger partial charge < -0.3 is 20.1 Å². The van der Waals surface area contributed by atoms with Gasteiger partial charge >= 0.3 is 11.9 Å². The highest BCUT2D eigenvalue weighted by Crippen LogP contribution is 2.18. The second-order valence-electron chi connectivity index (χ2n) is 9.56. The Balaban J connectivity index is 0.000000284. The predicted molar refractivity (Wildman–Crippen MR) is 182 cm³/mol. The van der Waals surface area contributed by atoms with Crippen molar-refractivity contribution < 1.29 is 37.4 Å². The van der Waals surface area contributed by atoms with Gasteiger partial charge in [0.05, 0.1) is 14.2 Å². The minimum Gasteiger partial charge on any atom is -0.466 e. The smallest absolute Gasteiger partial charge is 0.330 e. The molecule has 0 heterocycles. The lowest BCUT2D eigenvalue weighted by molar-refractivity contribution is -0.135. The number of methoxy groups -OCH3 is 2. The van der Waals surface area contributed by atoms with Gasteiger partial charge in [0.15, 0.2) is 0 Å². The van der Waals surface area contributed by atoms with Gasteiger partial charge in [0.2, 0.25) is 0 Å². The highest BCUT2D eigenvalue weighted by atomic mass is 79.9. The lowest BCUT2D eigenvalue weighted by Gasteiger charge is -2.07. The summed E-state index contributed by atoms with van der Waals surface area (Å²) in [5.41, 5.74) is 3.73. The van der Waals surface area contributed by atoms with Crippen LogP contribution in [0.25, 0.3) is 6.08 Å². The van der Waals surface area contributed by atoms with Crippen molar-refractivity contribution in [3.63, 3.8) is 0 Å². The largest absolute Gasteiger partial charge is 0.466 e. The Bertz CT molecular complexity index is 1770. The third-order valence-electron chi connectivity index (χ3n) is 6.05.